The van der Waals surface area contributed by atoms with Crippen molar-refractivity contribution in [2.45, 2.75) is 26.1 Å². The highest BCUT2D eigenvalue weighted by atomic mass is 16.6. The van der Waals surface area contributed by atoms with E-state index in [4.69, 9.17) is 14.9 Å². The standard InChI is InChI=1S/C8H16O5/c1-3-12-8(11)6(2)13-5-7(10)4-9/h6-7,9-10H,3-5H2,1-2H3. The monoisotopic (exact) mass is 192 g/mol. The first-order valence-corrected chi connectivity index (χ1v) is 4.19. The van der Waals surface area contributed by atoms with Crippen molar-refractivity contribution in [1.29, 1.82) is 0 Å². The predicted molar refractivity (Wildman–Crippen MR) is 45.1 cm³/mol. The Morgan fingerprint density at radius 1 is 1.54 bits per heavy atom. The molecule has 0 aliphatic carbocycles. The molecule has 0 heterocycles. The van der Waals surface area contributed by atoms with Gasteiger partial charge in [-0.25, -0.2) is 4.79 Å². The number of hydrogen-bond donors (Lipinski definition) is 2. The first-order valence-electron chi connectivity index (χ1n) is 4.19. The fourth-order valence-electron chi connectivity index (χ4n) is 0.636. The summed E-state index contributed by atoms with van der Waals surface area (Å²) in [7, 11) is 0. The van der Waals surface area contributed by atoms with Gasteiger partial charge in [0.05, 0.1) is 19.8 Å². The molecule has 0 rings (SSSR count). The molecule has 2 N–H and O–H groups in total. The number of esters is 1. The maximum Gasteiger partial charge on any atom is 0.334 e. The molecule has 0 amide bonds. The van der Waals surface area contributed by atoms with Crippen molar-refractivity contribution in [3.8, 4) is 0 Å². The van der Waals surface area contributed by atoms with E-state index in [9.17, 15) is 4.79 Å². The van der Waals surface area contributed by atoms with E-state index >= 15 is 0 Å². The zero-order chi connectivity index (χ0) is 10.3. The van der Waals surface area contributed by atoms with Crippen molar-refractivity contribution >= 4 is 5.97 Å². The minimum Gasteiger partial charge on any atom is -0.464 e. The lowest BCUT2D eigenvalue weighted by molar-refractivity contribution is -0.157. The van der Waals surface area contributed by atoms with E-state index in [-0.39, 0.29) is 13.2 Å². The number of carbonyl (C=O) groups is 1. The zero-order valence-electron chi connectivity index (χ0n) is 7.90. The van der Waals surface area contributed by atoms with Gasteiger partial charge in [-0.1, -0.05) is 0 Å². The van der Waals surface area contributed by atoms with E-state index in [0.717, 1.165) is 0 Å². The minimum atomic E-state index is -0.947. The van der Waals surface area contributed by atoms with Gasteiger partial charge in [0.25, 0.3) is 0 Å². The molecule has 2 unspecified atom stereocenters. The van der Waals surface area contributed by atoms with Gasteiger partial charge in [-0.05, 0) is 13.8 Å². The van der Waals surface area contributed by atoms with Crippen molar-refractivity contribution in [2.24, 2.45) is 0 Å². The Kier molecular flexibility index (Phi) is 6.48. The molecule has 5 nitrogen and oxygen atoms in total. The van der Waals surface area contributed by atoms with Gasteiger partial charge in [-0.2, -0.15) is 0 Å². The molecule has 0 aliphatic rings. The van der Waals surface area contributed by atoms with Crippen LogP contribution in [0.4, 0.5) is 0 Å². The van der Waals surface area contributed by atoms with Crippen molar-refractivity contribution in [1.82, 2.24) is 0 Å². The van der Waals surface area contributed by atoms with E-state index in [1.54, 1.807) is 6.92 Å². The number of carbonyl (C=O) groups excluding carboxylic acids is 1. The molecule has 5 heteroatoms. The van der Waals surface area contributed by atoms with Gasteiger partial charge in [0.2, 0.25) is 0 Å². The van der Waals surface area contributed by atoms with Gasteiger partial charge in [0.15, 0.2) is 6.10 Å². The zero-order valence-corrected chi connectivity index (χ0v) is 7.90. The second kappa shape index (κ2) is 6.82. The lowest BCUT2D eigenvalue weighted by atomic mass is 10.4. The predicted octanol–water partition coefficient (Wildman–Crippen LogP) is -0.692. The van der Waals surface area contributed by atoms with Gasteiger partial charge < -0.3 is 19.7 Å². The Balaban J connectivity index is 3.60. The van der Waals surface area contributed by atoms with Crippen LogP contribution in [0.25, 0.3) is 0 Å². The summed E-state index contributed by atoms with van der Waals surface area (Å²) in [4.78, 5) is 11.0. The molecule has 13 heavy (non-hydrogen) atoms. The molecule has 78 valence electrons. The molecule has 2 atom stereocenters. The smallest absolute Gasteiger partial charge is 0.334 e. The molecule has 0 bridgehead atoms. The summed E-state index contributed by atoms with van der Waals surface area (Å²) in [6, 6.07) is 0. The molecular weight excluding hydrogens is 176 g/mol. The summed E-state index contributed by atoms with van der Waals surface area (Å²) < 4.78 is 9.59. The second-order valence-corrected chi connectivity index (χ2v) is 2.56. The third-order valence-corrected chi connectivity index (χ3v) is 1.37. The first-order chi connectivity index (χ1) is 6.11. The maximum atomic E-state index is 11.0. The normalized spacial score (nSPS) is 15.1. The van der Waals surface area contributed by atoms with E-state index in [0.29, 0.717) is 6.61 Å². The SMILES string of the molecule is CCOC(=O)C(C)OCC(O)CO. The summed E-state index contributed by atoms with van der Waals surface area (Å²) in [6.45, 7) is 3.08. The summed E-state index contributed by atoms with van der Waals surface area (Å²) in [5.74, 6) is -0.465. The number of aliphatic hydroxyl groups is 2. The van der Waals surface area contributed by atoms with Crippen LogP contribution in [0.1, 0.15) is 13.8 Å². The van der Waals surface area contributed by atoms with Gasteiger partial charge in [0, 0.05) is 0 Å². The number of aliphatic hydroxyl groups excluding tert-OH is 2. The Bertz CT molecular complexity index is 147. The molecule has 0 aromatic rings. The maximum absolute atomic E-state index is 11.0. The first kappa shape index (κ1) is 12.3. The van der Waals surface area contributed by atoms with E-state index in [1.165, 1.54) is 6.92 Å². The van der Waals surface area contributed by atoms with Crippen LogP contribution in [0.5, 0.6) is 0 Å². The highest BCUT2D eigenvalue weighted by Crippen LogP contribution is 1.96. The lowest BCUT2D eigenvalue weighted by Gasteiger charge is -2.13. The number of ether oxygens (including phenoxy) is 2. The van der Waals surface area contributed by atoms with Crippen LogP contribution < -0.4 is 0 Å². The van der Waals surface area contributed by atoms with Gasteiger partial charge in [0.1, 0.15) is 6.10 Å². The molecule has 0 saturated carbocycles. The van der Waals surface area contributed by atoms with Crippen LogP contribution in [0, 0.1) is 0 Å². The molecule has 0 aromatic carbocycles. The van der Waals surface area contributed by atoms with Crippen LogP contribution in [0.3, 0.4) is 0 Å². The van der Waals surface area contributed by atoms with Crippen molar-refractivity contribution < 1.29 is 24.5 Å². The average Bonchev–Trinajstić information content (AvgIpc) is 2.13. The molecule has 0 radical (unpaired) electrons. The highest BCUT2D eigenvalue weighted by Gasteiger charge is 2.15. The lowest BCUT2D eigenvalue weighted by Crippen LogP contribution is -2.28. The summed E-state index contributed by atoms with van der Waals surface area (Å²) in [6.07, 6.45) is -1.65. The van der Waals surface area contributed by atoms with Gasteiger partial charge in [-0.3, -0.25) is 0 Å². The van der Waals surface area contributed by atoms with Crippen LogP contribution in [0.2, 0.25) is 0 Å². The summed E-state index contributed by atoms with van der Waals surface area (Å²) in [5.41, 5.74) is 0. The Hall–Kier alpha value is -0.650. The Labute approximate surface area is 77.3 Å². The fourth-order valence-corrected chi connectivity index (χ4v) is 0.636. The van der Waals surface area contributed by atoms with E-state index < -0.39 is 18.2 Å². The van der Waals surface area contributed by atoms with Crippen molar-refractivity contribution in [3.05, 3.63) is 0 Å². The molecule has 0 saturated heterocycles. The summed E-state index contributed by atoms with van der Waals surface area (Å²) >= 11 is 0. The Morgan fingerprint density at radius 3 is 2.62 bits per heavy atom. The third kappa shape index (κ3) is 5.57. The van der Waals surface area contributed by atoms with E-state index in [1.807, 2.05) is 0 Å². The molecule has 0 aliphatic heterocycles. The quantitative estimate of drug-likeness (QED) is 0.545. The van der Waals surface area contributed by atoms with Crippen molar-refractivity contribution in [3.63, 3.8) is 0 Å². The number of rotatable bonds is 6. The Morgan fingerprint density at radius 2 is 2.15 bits per heavy atom. The van der Waals surface area contributed by atoms with Gasteiger partial charge >= 0.3 is 5.97 Å². The topological polar surface area (TPSA) is 76.0 Å². The number of hydrogen-bond acceptors (Lipinski definition) is 5. The molecule has 0 spiro atoms. The molecular formula is C8H16O5. The molecule has 0 aromatic heterocycles. The van der Waals surface area contributed by atoms with Crippen LogP contribution in [-0.4, -0.2) is 48.2 Å². The molecule has 0 fully saturated rings. The largest absolute Gasteiger partial charge is 0.464 e. The van der Waals surface area contributed by atoms with Crippen LogP contribution >= 0.6 is 0 Å². The summed E-state index contributed by atoms with van der Waals surface area (Å²) in [5, 5.41) is 17.3. The van der Waals surface area contributed by atoms with Crippen LogP contribution in [0.15, 0.2) is 0 Å². The average molecular weight is 192 g/mol. The van der Waals surface area contributed by atoms with E-state index in [2.05, 4.69) is 4.74 Å². The second-order valence-electron chi connectivity index (χ2n) is 2.56. The minimum absolute atomic E-state index is 0.0729. The highest BCUT2D eigenvalue weighted by molar-refractivity contribution is 5.74. The fraction of sp³-hybridized carbons (Fsp3) is 0.875. The third-order valence-electron chi connectivity index (χ3n) is 1.37. The van der Waals surface area contributed by atoms with Gasteiger partial charge in [-0.15, -0.1) is 0 Å². The van der Waals surface area contributed by atoms with Crippen LogP contribution in [-0.2, 0) is 14.3 Å². The van der Waals surface area contributed by atoms with Crippen molar-refractivity contribution in [2.75, 3.05) is 19.8 Å².